The van der Waals surface area contributed by atoms with Crippen LogP contribution >= 0.6 is 23.1 Å². The SMILES string of the molecule is COc1ccc(N2C(=O)[C@H]3[C@H](c4ccc(OCC(=O)Nc5cccc(C)c5)cc4)c4sc(=O)[nH]c4S[C@H]3C2=O)cc1. The molecule has 0 unspecified atom stereocenters. The highest BCUT2D eigenvalue weighted by Gasteiger charge is 2.56. The van der Waals surface area contributed by atoms with E-state index in [-0.39, 0.29) is 29.2 Å². The number of nitrogens with zero attached hydrogens (tertiary/aromatic N) is 1. The Morgan fingerprint density at radius 1 is 0.976 bits per heavy atom. The number of carbonyl (C=O) groups is 3. The number of fused-ring (bicyclic) bond motifs is 2. The number of amides is 3. The molecule has 0 spiro atoms. The predicted octanol–water partition coefficient (Wildman–Crippen LogP) is 4.57. The van der Waals surface area contributed by atoms with Crippen LogP contribution in [0.15, 0.2) is 82.6 Å². The summed E-state index contributed by atoms with van der Waals surface area (Å²) in [5.74, 6) is -1.03. The summed E-state index contributed by atoms with van der Waals surface area (Å²) in [6.07, 6.45) is 0. The quantitative estimate of drug-likeness (QED) is 0.304. The number of thioether (sulfide) groups is 1. The van der Waals surface area contributed by atoms with Gasteiger partial charge in [0.2, 0.25) is 11.8 Å². The molecule has 41 heavy (non-hydrogen) atoms. The number of hydrogen-bond donors (Lipinski definition) is 2. The van der Waals surface area contributed by atoms with Crippen molar-refractivity contribution >= 4 is 52.2 Å². The molecule has 11 heteroatoms. The van der Waals surface area contributed by atoms with Gasteiger partial charge in [0.25, 0.3) is 5.91 Å². The van der Waals surface area contributed by atoms with Crippen LogP contribution in [-0.4, -0.2) is 41.7 Å². The number of benzene rings is 3. The molecule has 208 valence electrons. The summed E-state index contributed by atoms with van der Waals surface area (Å²) in [5.41, 5.74) is 2.97. The maximum Gasteiger partial charge on any atom is 0.305 e. The molecule has 0 saturated carbocycles. The Morgan fingerprint density at radius 2 is 1.71 bits per heavy atom. The van der Waals surface area contributed by atoms with E-state index in [0.717, 1.165) is 27.3 Å². The second-order valence-corrected chi connectivity index (χ2v) is 11.9. The maximum absolute atomic E-state index is 13.8. The summed E-state index contributed by atoms with van der Waals surface area (Å²) in [5, 5.41) is 2.73. The Balaban J connectivity index is 1.24. The first-order valence-corrected chi connectivity index (χ1v) is 14.5. The summed E-state index contributed by atoms with van der Waals surface area (Å²) in [6, 6.07) is 21.3. The number of H-pyrrole nitrogens is 1. The predicted molar refractivity (Wildman–Crippen MR) is 157 cm³/mol. The summed E-state index contributed by atoms with van der Waals surface area (Å²) in [6.45, 7) is 1.77. The molecule has 1 saturated heterocycles. The van der Waals surface area contributed by atoms with E-state index in [4.69, 9.17) is 9.47 Å². The zero-order valence-electron chi connectivity index (χ0n) is 22.1. The molecule has 2 aliphatic heterocycles. The topological polar surface area (TPSA) is 118 Å². The Kier molecular flexibility index (Phi) is 7.14. The molecule has 3 aromatic carbocycles. The van der Waals surface area contributed by atoms with Crippen molar-refractivity contribution in [3.05, 3.63) is 98.5 Å². The van der Waals surface area contributed by atoms with Crippen LogP contribution in [0.3, 0.4) is 0 Å². The maximum atomic E-state index is 13.8. The number of aryl methyl sites for hydroxylation is 1. The van der Waals surface area contributed by atoms with Gasteiger partial charge in [-0.05, 0) is 66.6 Å². The van der Waals surface area contributed by atoms with Crippen LogP contribution < -0.4 is 24.6 Å². The van der Waals surface area contributed by atoms with Gasteiger partial charge in [-0.3, -0.25) is 19.2 Å². The summed E-state index contributed by atoms with van der Waals surface area (Å²) in [4.78, 5) is 56.6. The molecule has 3 heterocycles. The fraction of sp³-hybridized carbons (Fsp3) is 0.200. The van der Waals surface area contributed by atoms with Gasteiger partial charge in [0.1, 0.15) is 16.7 Å². The zero-order valence-corrected chi connectivity index (χ0v) is 23.7. The average molecular weight is 588 g/mol. The first-order valence-electron chi connectivity index (χ1n) is 12.8. The van der Waals surface area contributed by atoms with Crippen molar-refractivity contribution in [3.63, 3.8) is 0 Å². The third kappa shape index (κ3) is 5.14. The van der Waals surface area contributed by atoms with Gasteiger partial charge >= 0.3 is 4.87 Å². The molecule has 0 aliphatic carbocycles. The fourth-order valence-electron chi connectivity index (χ4n) is 5.20. The van der Waals surface area contributed by atoms with E-state index in [2.05, 4.69) is 10.3 Å². The molecule has 3 amide bonds. The van der Waals surface area contributed by atoms with E-state index in [0.29, 0.717) is 27.9 Å². The van der Waals surface area contributed by atoms with E-state index < -0.39 is 17.1 Å². The van der Waals surface area contributed by atoms with Gasteiger partial charge in [0.05, 0.1) is 23.7 Å². The van der Waals surface area contributed by atoms with Gasteiger partial charge in [-0.25, -0.2) is 4.90 Å². The molecule has 6 rings (SSSR count). The van der Waals surface area contributed by atoms with Crippen molar-refractivity contribution in [2.24, 2.45) is 5.92 Å². The zero-order chi connectivity index (χ0) is 28.7. The molecule has 2 aliphatic rings. The number of ether oxygens (including phenoxy) is 2. The Hall–Kier alpha value is -4.35. The summed E-state index contributed by atoms with van der Waals surface area (Å²) >= 11 is 2.28. The van der Waals surface area contributed by atoms with Crippen LogP contribution in [0.1, 0.15) is 21.9 Å². The minimum atomic E-state index is -0.694. The van der Waals surface area contributed by atoms with Gasteiger partial charge < -0.3 is 19.8 Å². The number of rotatable bonds is 7. The molecule has 1 fully saturated rings. The summed E-state index contributed by atoms with van der Waals surface area (Å²) in [7, 11) is 1.55. The largest absolute Gasteiger partial charge is 0.497 e. The number of anilines is 2. The van der Waals surface area contributed by atoms with Crippen LogP contribution in [-0.2, 0) is 14.4 Å². The average Bonchev–Trinajstić information content (AvgIpc) is 3.46. The van der Waals surface area contributed by atoms with Gasteiger partial charge in [-0.15, -0.1) is 0 Å². The van der Waals surface area contributed by atoms with E-state index in [1.807, 2.05) is 43.3 Å². The van der Waals surface area contributed by atoms with Crippen molar-refractivity contribution in [1.29, 1.82) is 0 Å². The Bertz CT molecular complexity index is 1700. The molecule has 2 N–H and O–H groups in total. The number of nitrogens with one attached hydrogen (secondary N) is 2. The van der Waals surface area contributed by atoms with Crippen LogP contribution in [0, 0.1) is 12.8 Å². The lowest BCUT2D eigenvalue weighted by atomic mass is 9.83. The Labute approximate surface area is 243 Å². The number of methoxy groups -OCH3 is 1. The highest BCUT2D eigenvalue weighted by Crippen LogP contribution is 2.53. The third-order valence-corrected chi connectivity index (χ3v) is 9.47. The number of thiazole rings is 1. The lowest BCUT2D eigenvalue weighted by Gasteiger charge is -2.29. The standard InChI is InChI=1S/C30H25N3O6S2/c1-16-4-3-5-18(14-16)31-22(34)15-39-21-10-6-17(7-11-21)23-24-26(40-27-25(23)41-30(37)32-27)29(36)33(28(24)35)19-8-12-20(38-2)13-9-19/h3-14,23-24,26H,15H2,1-2H3,(H,31,34)(H,32,37)/t23-,24-,26+/m0/s1. The van der Waals surface area contributed by atoms with E-state index in [9.17, 15) is 19.2 Å². The molecular formula is C30H25N3O6S2. The minimum Gasteiger partial charge on any atom is -0.497 e. The number of imide groups is 1. The Morgan fingerprint density at radius 3 is 2.41 bits per heavy atom. The van der Waals surface area contributed by atoms with Crippen molar-refractivity contribution < 1.29 is 23.9 Å². The second-order valence-electron chi connectivity index (χ2n) is 9.74. The number of aromatic nitrogens is 1. The van der Waals surface area contributed by atoms with E-state index in [1.54, 1.807) is 43.5 Å². The van der Waals surface area contributed by atoms with Crippen LogP contribution in [0.2, 0.25) is 0 Å². The fourth-order valence-corrected chi connectivity index (χ4v) is 7.72. The van der Waals surface area contributed by atoms with Gasteiger partial charge in [0, 0.05) is 16.5 Å². The monoisotopic (exact) mass is 587 g/mol. The summed E-state index contributed by atoms with van der Waals surface area (Å²) < 4.78 is 10.9. The van der Waals surface area contributed by atoms with Crippen LogP contribution in [0.25, 0.3) is 0 Å². The first kappa shape index (κ1) is 26.9. The van der Waals surface area contributed by atoms with Crippen molar-refractivity contribution in [2.75, 3.05) is 23.9 Å². The lowest BCUT2D eigenvalue weighted by Crippen LogP contribution is -2.32. The van der Waals surface area contributed by atoms with Gasteiger partial charge in [-0.2, -0.15) is 0 Å². The number of carbonyl (C=O) groups excluding carboxylic acids is 3. The third-order valence-electron chi connectivity index (χ3n) is 7.07. The molecular weight excluding hydrogens is 562 g/mol. The molecule has 0 radical (unpaired) electrons. The van der Waals surface area contributed by atoms with Crippen LogP contribution in [0.5, 0.6) is 11.5 Å². The first-order chi connectivity index (χ1) is 19.8. The van der Waals surface area contributed by atoms with Gasteiger partial charge in [-0.1, -0.05) is 47.4 Å². The van der Waals surface area contributed by atoms with E-state index >= 15 is 0 Å². The number of aromatic amines is 1. The molecule has 0 bridgehead atoms. The normalized spacial score (nSPS) is 19.5. The van der Waals surface area contributed by atoms with Crippen molar-refractivity contribution in [3.8, 4) is 11.5 Å². The molecule has 3 atom stereocenters. The molecule has 1 aromatic heterocycles. The second kappa shape index (κ2) is 10.9. The van der Waals surface area contributed by atoms with Crippen LogP contribution in [0.4, 0.5) is 11.4 Å². The van der Waals surface area contributed by atoms with E-state index in [1.165, 1.54) is 16.7 Å². The highest BCUT2D eigenvalue weighted by atomic mass is 32.2. The van der Waals surface area contributed by atoms with Gasteiger partial charge in [0.15, 0.2) is 6.61 Å². The molecule has 9 nitrogen and oxygen atoms in total. The highest BCUT2D eigenvalue weighted by molar-refractivity contribution is 8.00. The minimum absolute atomic E-state index is 0.175. The van der Waals surface area contributed by atoms with Crippen molar-refractivity contribution in [2.45, 2.75) is 23.1 Å². The smallest absolute Gasteiger partial charge is 0.305 e. The van der Waals surface area contributed by atoms with Crippen molar-refractivity contribution in [1.82, 2.24) is 4.98 Å². The number of hydrogen-bond acceptors (Lipinski definition) is 8. The lowest BCUT2D eigenvalue weighted by molar-refractivity contribution is -0.122. The molecule has 4 aromatic rings.